The summed E-state index contributed by atoms with van der Waals surface area (Å²) in [5, 5.41) is 3.34. The van der Waals surface area contributed by atoms with E-state index in [4.69, 9.17) is 4.74 Å². The monoisotopic (exact) mass is 288 g/mol. The third kappa shape index (κ3) is 3.21. The Bertz CT molecular complexity index is 473. The number of nitrogens with one attached hydrogen (secondary N) is 1. The normalized spacial score (nSPS) is 21.1. The second kappa shape index (κ2) is 6.06. The summed E-state index contributed by atoms with van der Waals surface area (Å²) in [4.78, 5) is 14.0. The van der Waals surface area contributed by atoms with Crippen LogP contribution in [0, 0.1) is 5.41 Å². The van der Waals surface area contributed by atoms with Crippen molar-refractivity contribution in [3.05, 3.63) is 35.9 Å². The van der Waals surface area contributed by atoms with E-state index in [1.54, 1.807) is 0 Å². The first kappa shape index (κ1) is 14.4. The van der Waals surface area contributed by atoms with E-state index < -0.39 is 0 Å². The van der Waals surface area contributed by atoms with Gasteiger partial charge in [-0.3, -0.25) is 0 Å². The van der Waals surface area contributed by atoms with Gasteiger partial charge in [0.2, 0.25) is 0 Å². The van der Waals surface area contributed by atoms with Crippen molar-refractivity contribution in [1.29, 1.82) is 0 Å². The van der Waals surface area contributed by atoms with Gasteiger partial charge >= 0.3 is 6.09 Å². The van der Waals surface area contributed by atoms with Crippen LogP contribution in [0.15, 0.2) is 30.3 Å². The predicted octanol–water partition coefficient (Wildman–Crippen LogP) is 2.79. The minimum absolute atomic E-state index is 0.168. The van der Waals surface area contributed by atoms with E-state index in [0.29, 0.717) is 18.1 Å². The standard InChI is InChI=1S/C17H24N2O2/c1-18-15-11-17(12-15)7-9-19(10-8-17)16(20)21-13-14-5-3-2-4-6-14/h2-6,15,18H,7-13H2,1H3. The minimum atomic E-state index is -0.168. The highest BCUT2D eigenvalue weighted by Crippen LogP contribution is 2.48. The molecule has 1 amide bonds. The molecule has 0 aromatic heterocycles. The van der Waals surface area contributed by atoms with Gasteiger partial charge in [0.05, 0.1) is 0 Å². The number of benzene rings is 1. The molecule has 1 heterocycles. The fourth-order valence-corrected chi connectivity index (χ4v) is 3.57. The number of carbonyl (C=O) groups excluding carboxylic acids is 1. The topological polar surface area (TPSA) is 41.6 Å². The smallest absolute Gasteiger partial charge is 0.410 e. The van der Waals surface area contributed by atoms with Crippen LogP contribution in [-0.2, 0) is 11.3 Å². The molecule has 1 saturated carbocycles. The Morgan fingerprint density at radius 1 is 1.29 bits per heavy atom. The summed E-state index contributed by atoms with van der Waals surface area (Å²) in [5.74, 6) is 0. The van der Waals surface area contributed by atoms with Crippen molar-refractivity contribution in [2.45, 2.75) is 38.3 Å². The number of nitrogens with zero attached hydrogens (tertiary/aromatic N) is 1. The number of rotatable bonds is 3. The number of likely N-dealkylation sites (tertiary alicyclic amines) is 1. The van der Waals surface area contributed by atoms with E-state index in [2.05, 4.69) is 5.32 Å². The minimum Gasteiger partial charge on any atom is -0.445 e. The molecule has 0 atom stereocenters. The molecular weight excluding hydrogens is 264 g/mol. The van der Waals surface area contributed by atoms with Crippen LogP contribution in [-0.4, -0.2) is 37.2 Å². The summed E-state index contributed by atoms with van der Waals surface area (Å²) in [7, 11) is 2.04. The Morgan fingerprint density at radius 2 is 1.95 bits per heavy atom. The molecule has 4 heteroatoms. The van der Waals surface area contributed by atoms with Gasteiger partial charge in [0.1, 0.15) is 6.61 Å². The van der Waals surface area contributed by atoms with E-state index >= 15 is 0 Å². The zero-order valence-corrected chi connectivity index (χ0v) is 12.7. The maximum atomic E-state index is 12.1. The lowest BCUT2D eigenvalue weighted by Crippen LogP contribution is -2.53. The van der Waals surface area contributed by atoms with Gasteiger partial charge in [0.25, 0.3) is 0 Å². The van der Waals surface area contributed by atoms with Crippen molar-refractivity contribution in [3.8, 4) is 0 Å². The molecule has 2 aliphatic rings. The van der Waals surface area contributed by atoms with Gasteiger partial charge in [0.15, 0.2) is 0 Å². The van der Waals surface area contributed by atoms with Gasteiger partial charge in [-0.2, -0.15) is 0 Å². The highest BCUT2D eigenvalue weighted by Gasteiger charge is 2.45. The van der Waals surface area contributed by atoms with Gasteiger partial charge in [-0.25, -0.2) is 4.79 Å². The summed E-state index contributed by atoms with van der Waals surface area (Å²) in [6.07, 6.45) is 4.59. The van der Waals surface area contributed by atoms with Crippen molar-refractivity contribution >= 4 is 6.09 Å². The van der Waals surface area contributed by atoms with Crippen molar-refractivity contribution in [1.82, 2.24) is 10.2 Å². The number of ether oxygens (including phenoxy) is 1. The zero-order valence-electron chi connectivity index (χ0n) is 12.7. The molecule has 1 saturated heterocycles. The lowest BCUT2D eigenvalue weighted by atomic mass is 9.60. The van der Waals surface area contributed by atoms with Crippen LogP contribution in [0.4, 0.5) is 4.79 Å². The van der Waals surface area contributed by atoms with E-state index in [1.807, 2.05) is 42.3 Å². The van der Waals surface area contributed by atoms with Gasteiger partial charge in [0, 0.05) is 19.1 Å². The summed E-state index contributed by atoms with van der Waals surface area (Å²) in [6.45, 7) is 2.04. The second-order valence-electron chi connectivity index (χ2n) is 6.42. The van der Waals surface area contributed by atoms with E-state index in [0.717, 1.165) is 31.5 Å². The molecule has 1 aromatic carbocycles. The average Bonchev–Trinajstić information content (AvgIpc) is 2.51. The van der Waals surface area contributed by atoms with Crippen molar-refractivity contribution in [2.75, 3.05) is 20.1 Å². The van der Waals surface area contributed by atoms with Gasteiger partial charge in [-0.15, -0.1) is 0 Å². The van der Waals surface area contributed by atoms with Gasteiger partial charge in [-0.1, -0.05) is 30.3 Å². The molecule has 1 spiro atoms. The lowest BCUT2D eigenvalue weighted by molar-refractivity contribution is 0.00465. The lowest BCUT2D eigenvalue weighted by Gasteiger charge is -2.52. The van der Waals surface area contributed by atoms with Gasteiger partial charge < -0.3 is 15.0 Å². The van der Waals surface area contributed by atoms with Crippen LogP contribution in [0.1, 0.15) is 31.2 Å². The number of hydrogen-bond acceptors (Lipinski definition) is 3. The molecule has 21 heavy (non-hydrogen) atoms. The molecule has 3 rings (SSSR count). The molecule has 1 aromatic rings. The van der Waals surface area contributed by atoms with Crippen LogP contribution >= 0.6 is 0 Å². The van der Waals surface area contributed by atoms with Crippen LogP contribution in [0.3, 0.4) is 0 Å². The SMILES string of the molecule is CNC1CC2(CCN(C(=O)OCc3ccccc3)CC2)C1. The maximum Gasteiger partial charge on any atom is 0.410 e. The Balaban J connectivity index is 1.43. The van der Waals surface area contributed by atoms with Crippen molar-refractivity contribution in [3.63, 3.8) is 0 Å². The van der Waals surface area contributed by atoms with E-state index in [9.17, 15) is 4.79 Å². The van der Waals surface area contributed by atoms with Crippen LogP contribution in [0.2, 0.25) is 0 Å². The fourth-order valence-electron chi connectivity index (χ4n) is 3.57. The second-order valence-corrected chi connectivity index (χ2v) is 6.42. The number of amides is 1. The molecule has 1 N–H and O–H groups in total. The molecule has 0 radical (unpaired) electrons. The summed E-state index contributed by atoms with van der Waals surface area (Å²) in [5.41, 5.74) is 1.53. The first-order valence-electron chi connectivity index (χ1n) is 7.84. The molecule has 2 fully saturated rings. The predicted molar refractivity (Wildman–Crippen MR) is 81.9 cm³/mol. The molecule has 114 valence electrons. The third-order valence-electron chi connectivity index (χ3n) is 5.05. The quantitative estimate of drug-likeness (QED) is 0.930. The third-order valence-corrected chi connectivity index (χ3v) is 5.05. The Kier molecular flexibility index (Phi) is 4.15. The molecule has 1 aliphatic carbocycles. The maximum absolute atomic E-state index is 12.1. The number of piperidine rings is 1. The zero-order chi connectivity index (χ0) is 14.7. The van der Waals surface area contributed by atoms with E-state index in [-0.39, 0.29) is 6.09 Å². The summed E-state index contributed by atoms with van der Waals surface area (Å²) < 4.78 is 5.40. The molecular formula is C17H24N2O2. The Labute approximate surface area is 126 Å². The van der Waals surface area contributed by atoms with Crippen LogP contribution < -0.4 is 5.32 Å². The largest absolute Gasteiger partial charge is 0.445 e. The van der Waals surface area contributed by atoms with Crippen molar-refractivity contribution in [2.24, 2.45) is 5.41 Å². The average molecular weight is 288 g/mol. The summed E-state index contributed by atoms with van der Waals surface area (Å²) >= 11 is 0. The fraction of sp³-hybridized carbons (Fsp3) is 0.588. The molecule has 1 aliphatic heterocycles. The van der Waals surface area contributed by atoms with E-state index in [1.165, 1.54) is 12.8 Å². The first-order chi connectivity index (χ1) is 10.2. The molecule has 4 nitrogen and oxygen atoms in total. The Morgan fingerprint density at radius 3 is 2.57 bits per heavy atom. The number of carbonyl (C=O) groups is 1. The summed E-state index contributed by atoms with van der Waals surface area (Å²) in [6, 6.07) is 10.5. The Hall–Kier alpha value is -1.55. The van der Waals surface area contributed by atoms with Crippen LogP contribution in [0.5, 0.6) is 0 Å². The highest BCUT2D eigenvalue weighted by molar-refractivity contribution is 5.67. The van der Waals surface area contributed by atoms with Gasteiger partial charge in [-0.05, 0) is 43.7 Å². The number of hydrogen-bond donors (Lipinski definition) is 1. The van der Waals surface area contributed by atoms with Crippen molar-refractivity contribution < 1.29 is 9.53 Å². The molecule has 0 bridgehead atoms. The van der Waals surface area contributed by atoms with Crippen LogP contribution in [0.25, 0.3) is 0 Å². The molecule has 0 unspecified atom stereocenters. The highest BCUT2D eigenvalue weighted by atomic mass is 16.6. The first-order valence-corrected chi connectivity index (χ1v) is 7.84.